The van der Waals surface area contributed by atoms with Gasteiger partial charge in [-0.15, -0.1) is 0 Å². The Hall–Kier alpha value is -1.67. The SMILES string of the molecule is CCCNCC=Cc1ccc2ncccc2c1. The second kappa shape index (κ2) is 6.16. The van der Waals surface area contributed by atoms with Crippen molar-refractivity contribution in [3.63, 3.8) is 0 Å². The van der Waals surface area contributed by atoms with Crippen LogP contribution in [0.15, 0.2) is 42.6 Å². The van der Waals surface area contributed by atoms with Crippen LogP contribution in [-0.4, -0.2) is 18.1 Å². The van der Waals surface area contributed by atoms with E-state index >= 15 is 0 Å². The van der Waals surface area contributed by atoms with Crippen molar-refractivity contribution < 1.29 is 0 Å². The third-order valence-corrected chi connectivity index (χ3v) is 2.63. The zero-order valence-corrected chi connectivity index (χ0v) is 10.2. The summed E-state index contributed by atoms with van der Waals surface area (Å²) in [6.45, 7) is 4.18. The van der Waals surface area contributed by atoms with Gasteiger partial charge in [0, 0.05) is 18.1 Å². The van der Waals surface area contributed by atoms with E-state index < -0.39 is 0 Å². The van der Waals surface area contributed by atoms with E-state index in [0.717, 1.165) is 18.6 Å². The summed E-state index contributed by atoms with van der Waals surface area (Å²) in [5, 5.41) is 4.53. The molecule has 0 spiro atoms. The molecule has 0 fully saturated rings. The molecule has 0 unspecified atom stereocenters. The van der Waals surface area contributed by atoms with Gasteiger partial charge in [0.1, 0.15) is 0 Å². The molecule has 1 aromatic heterocycles. The Bertz CT molecular complexity index is 503. The maximum Gasteiger partial charge on any atom is 0.0702 e. The van der Waals surface area contributed by atoms with Crippen molar-refractivity contribution in [1.82, 2.24) is 10.3 Å². The Morgan fingerprint density at radius 2 is 2.24 bits per heavy atom. The first-order valence-corrected chi connectivity index (χ1v) is 6.12. The second-order valence-corrected chi connectivity index (χ2v) is 4.06. The van der Waals surface area contributed by atoms with Crippen LogP contribution >= 0.6 is 0 Å². The van der Waals surface area contributed by atoms with Crippen molar-refractivity contribution in [2.45, 2.75) is 13.3 Å². The minimum atomic E-state index is 0.929. The third kappa shape index (κ3) is 3.40. The molecule has 0 aliphatic carbocycles. The molecule has 1 aromatic carbocycles. The van der Waals surface area contributed by atoms with Crippen LogP contribution in [0.3, 0.4) is 0 Å². The fourth-order valence-electron chi connectivity index (χ4n) is 1.75. The summed E-state index contributed by atoms with van der Waals surface area (Å²) < 4.78 is 0. The smallest absolute Gasteiger partial charge is 0.0702 e. The quantitative estimate of drug-likeness (QED) is 0.792. The molecule has 0 radical (unpaired) electrons. The molecule has 0 aliphatic rings. The summed E-state index contributed by atoms with van der Waals surface area (Å²) >= 11 is 0. The number of nitrogens with one attached hydrogen (secondary N) is 1. The first-order chi connectivity index (χ1) is 8.40. The normalized spacial score (nSPS) is 11.4. The van der Waals surface area contributed by atoms with Gasteiger partial charge in [-0.05, 0) is 36.7 Å². The fraction of sp³-hybridized carbons (Fsp3) is 0.267. The average molecular weight is 226 g/mol. The molecular formula is C15H18N2. The van der Waals surface area contributed by atoms with Gasteiger partial charge in [0.2, 0.25) is 0 Å². The predicted molar refractivity (Wildman–Crippen MR) is 73.9 cm³/mol. The van der Waals surface area contributed by atoms with Crippen LogP contribution in [0.25, 0.3) is 17.0 Å². The lowest BCUT2D eigenvalue weighted by Crippen LogP contribution is -2.13. The summed E-state index contributed by atoms with van der Waals surface area (Å²) in [5.74, 6) is 0. The van der Waals surface area contributed by atoms with E-state index in [1.807, 2.05) is 12.3 Å². The lowest BCUT2D eigenvalue weighted by molar-refractivity contribution is 0.730. The second-order valence-electron chi connectivity index (χ2n) is 4.06. The maximum absolute atomic E-state index is 4.31. The van der Waals surface area contributed by atoms with Gasteiger partial charge in [-0.3, -0.25) is 4.98 Å². The summed E-state index contributed by atoms with van der Waals surface area (Å²) in [5.41, 5.74) is 2.28. The first kappa shape index (κ1) is 11.8. The molecule has 2 rings (SSSR count). The fourth-order valence-corrected chi connectivity index (χ4v) is 1.75. The molecule has 0 saturated heterocycles. The van der Waals surface area contributed by atoms with Crippen molar-refractivity contribution in [3.05, 3.63) is 48.2 Å². The van der Waals surface area contributed by atoms with Crippen LogP contribution in [0.2, 0.25) is 0 Å². The summed E-state index contributed by atoms with van der Waals surface area (Å²) in [7, 11) is 0. The molecule has 88 valence electrons. The van der Waals surface area contributed by atoms with Crippen LogP contribution in [0, 0.1) is 0 Å². The molecule has 2 nitrogen and oxygen atoms in total. The number of rotatable bonds is 5. The van der Waals surface area contributed by atoms with Gasteiger partial charge in [0.25, 0.3) is 0 Å². The van der Waals surface area contributed by atoms with Gasteiger partial charge in [-0.25, -0.2) is 0 Å². The minimum Gasteiger partial charge on any atom is -0.313 e. The van der Waals surface area contributed by atoms with Gasteiger partial charge < -0.3 is 5.32 Å². The molecule has 0 saturated carbocycles. The minimum absolute atomic E-state index is 0.929. The van der Waals surface area contributed by atoms with Crippen LogP contribution < -0.4 is 5.32 Å². The van der Waals surface area contributed by atoms with Crippen molar-refractivity contribution in [2.75, 3.05) is 13.1 Å². The van der Waals surface area contributed by atoms with Crippen molar-refractivity contribution >= 4 is 17.0 Å². The van der Waals surface area contributed by atoms with E-state index in [0.29, 0.717) is 0 Å². The zero-order valence-electron chi connectivity index (χ0n) is 10.2. The largest absolute Gasteiger partial charge is 0.313 e. The zero-order chi connectivity index (χ0) is 11.9. The number of benzene rings is 1. The van der Waals surface area contributed by atoms with Gasteiger partial charge in [-0.1, -0.05) is 31.2 Å². The van der Waals surface area contributed by atoms with Crippen LogP contribution in [0.5, 0.6) is 0 Å². The van der Waals surface area contributed by atoms with Crippen molar-refractivity contribution in [2.24, 2.45) is 0 Å². The van der Waals surface area contributed by atoms with E-state index in [9.17, 15) is 0 Å². The van der Waals surface area contributed by atoms with Crippen LogP contribution in [-0.2, 0) is 0 Å². The van der Waals surface area contributed by atoms with E-state index in [-0.39, 0.29) is 0 Å². The molecule has 0 bridgehead atoms. The molecule has 0 aliphatic heterocycles. The van der Waals surface area contributed by atoms with Gasteiger partial charge in [-0.2, -0.15) is 0 Å². The van der Waals surface area contributed by atoms with Crippen LogP contribution in [0.1, 0.15) is 18.9 Å². The number of aromatic nitrogens is 1. The molecule has 2 aromatic rings. The molecule has 2 heteroatoms. The highest BCUT2D eigenvalue weighted by molar-refractivity contribution is 5.80. The molecule has 0 amide bonds. The number of hydrogen-bond donors (Lipinski definition) is 1. The highest BCUT2D eigenvalue weighted by Crippen LogP contribution is 2.14. The topological polar surface area (TPSA) is 24.9 Å². The summed E-state index contributed by atoms with van der Waals surface area (Å²) in [6.07, 6.45) is 7.31. The van der Waals surface area contributed by atoms with E-state index in [2.05, 4.69) is 53.6 Å². The number of fused-ring (bicyclic) bond motifs is 1. The number of hydrogen-bond acceptors (Lipinski definition) is 2. The Kier molecular flexibility index (Phi) is 4.28. The van der Waals surface area contributed by atoms with E-state index in [1.54, 1.807) is 0 Å². The predicted octanol–water partition coefficient (Wildman–Crippen LogP) is 3.25. The van der Waals surface area contributed by atoms with Crippen LogP contribution in [0.4, 0.5) is 0 Å². The monoisotopic (exact) mass is 226 g/mol. The molecule has 1 heterocycles. The number of nitrogens with zero attached hydrogens (tertiary/aromatic N) is 1. The highest BCUT2D eigenvalue weighted by atomic mass is 14.8. The standard InChI is InChI=1S/C15H18N2/c1-2-9-16-10-3-5-13-7-8-15-14(12-13)6-4-11-17-15/h3-8,11-12,16H,2,9-10H2,1H3. The summed E-state index contributed by atoms with van der Waals surface area (Å²) in [6, 6.07) is 10.4. The molecule has 1 N–H and O–H groups in total. The van der Waals surface area contributed by atoms with E-state index in [4.69, 9.17) is 0 Å². The van der Waals surface area contributed by atoms with Crippen molar-refractivity contribution in [3.8, 4) is 0 Å². The van der Waals surface area contributed by atoms with Gasteiger partial charge in [0.05, 0.1) is 5.52 Å². The third-order valence-electron chi connectivity index (χ3n) is 2.63. The Labute approximate surface area is 102 Å². The molecule has 17 heavy (non-hydrogen) atoms. The molecular weight excluding hydrogens is 208 g/mol. The van der Waals surface area contributed by atoms with Gasteiger partial charge >= 0.3 is 0 Å². The Morgan fingerprint density at radius 1 is 1.29 bits per heavy atom. The lowest BCUT2D eigenvalue weighted by atomic mass is 10.1. The Morgan fingerprint density at radius 3 is 3.12 bits per heavy atom. The maximum atomic E-state index is 4.31. The van der Waals surface area contributed by atoms with Gasteiger partial charge in [0.15, 0.2) is 0 Å². The average Bonchev–Trinajstić information content (AvgIpc) is 2.38. The highest BCUT2D eigenvalue weighted by Gasteiger charge is 1.93. The molecule has 0 atom stereocenters. The van der Waals surface area contributed by atoms with E-state index in [1.165, 1.54) is 17.4 Å². The first-order valence-electron chi connectivity index (χ1n) is 6.12. The van der Waals surface area contributed by atoms with Crippen molar-refractivity contribution in [1.29, 1.82) is 0 Å². The lowest BCUT2D eigenvalue weighted by Gasteiger charge is -1.99. The number of pyridine rings is 1. The Balaban J connectivity index is 2.04. The summed E-state index contributed by atoms with van der Waals surface area (Å²) in [4.78, 5) is 4.31.